The van der Waals surface area contributed by atoms with Crippen molar-refractivity contribution in [3.8, 4) is 0 Å². The van der Waals surface area contributed by atoms with Gasteiger partial charge in [-0.1, -0.05) is 24.6 Å². The van der Waals surface area contributed by atoms with Gasteiger partial charge in [-0.05, 0) is 25.5 Å². The molecule has 0 atom stereocenters. The highest BCUT2D eigenvalue weighted by Crippen LogP contribution is 2.14. The monoisotopic (exact) mass is 264 g/mol. The fraction of sp³-hybridized carbons (Fsp3) is 0.429. The highest BCUT2D eigenvalue weighted by molar-refractivity contribution is 5.84. The van der Waals surface area contributed by atoms with Crippen LogP contribution in [-0.2, 0) is 9.59 Å². The first-order valence-corrected chi connectivity index (χ1v) is 6.33. The van der Waals surface area contributed by atoms with E-state index in [1.807, 2.05) is 38.1 Å². The van der Waals surface area contributed by atoms with E-state index in [1.165, 1.54) is 0 Å². The number of carbonyl (C=O) groups is 2. The van der Waals surface area contributed by atoms with Crippen molar-refractivity contribution in [2.45, 2.75) is 20.3 Å². The van der Waals surface area contributed by atoms with Gasteiger partial charge >= 0.3 is 5.97 Å². The number of carbonyl (C=O) groups excluding carboxylic acids is 1. The number of nitrogens with zero attached hydrogens (tertiary/aromatic N) is 1. The average molecular weight is 264 g/mol. The molecule has 2 N–H and O–H groups in total. The number of hydrogen-bond donors (Lipinski definition) is 2. The number of carboxylic acid groups (broad SMARTS) is 1. The first kappa shape index (κ1) is 15.0. The Morgan fingerprint density at radius 2 is 1.84 bits per heavy atom. The van der Waals surface area contributed by atoms with Crippen molar-refractivity contribution in [3.05, 3.63) is 29.8 Å². The lowest BCUT2D eigenvalue weighted by molar-refractivity contribution is -0.135. The lowest BCUT2D eigenvalue weighted by Crippen LogP contribution is -2.40. The molecule has 1 amide bonds. The fourth-order valence-corrected chi connectivity index (χ4v) is 1.65. The third-order valence-corrected chi connectivity index (χ3v) is 2.63. The van der Waals surface area contributed by atoms with Crippen LogP contribution in [0, 0.1) is 6.92 Å². The van der Waals surface area contributed by atoms with E-state index in [4.69, 9.17) is 5.11 Å². The molecule has 0 radical (unpaired) electrons. The van der Waals surface area contributed by atoms with Crippen LogP contribution in [0.3, 0.4) is 0 Å². The number of aryl methyl sites for hydroxylation is 1. The number of nitrogens with one attached hydrogen (secondary N) is 1. The van der Waals surface area contributed by atoms with Crippen molar-refractivity contribution < 1.29 is 14.7 Å². The summed E-state index contributed by atoms with van der Waals surface area (Å²) in [6.45, 7) is 4.39. The highest BCUT2D eigenvalue weighted by atomic mass is 16.4. The Hall–Kier alpha value is -2.04. The van der Waals surface area contributed by atoms with Gasteiger partial charge in [0.25, 0.3) is 0 Å². The van der Waals surface area contributed by atoms with Gasteiger partial charge in [0.1, 0.15) is 6.54 Å². The maximum Gasteiger partial charge on any atom is 0.323 e. The summed E-state index contributed by atoms with van der Waals surface area (Å²) in [6, 6.07) is 7.44. The minimum Gasteiger partial charge on any atom is -0.480 e. The lowest BCUT2D eigenvalue weighted by atomic mass is 10.2. The third kappa shape index (κ3) is 5.42. The largest absolute Gasteiger partial charge is 0.480 e. The summed E-state index contributed by atoms with van der Waals surface area (Å²) in [5.41, 5.74) is 1.83. The Morgan fingerprint density at radius 3 is 2.37 bits per heavy atom. The van der Waals surface area contributed by atoms with E-state index in [0.29, 0.717) is 6.54 Å². The van der Waals surface area contributed by atoms with Gasteiger partial charge in [-0.25, -0.2) is 0 Å². The summed E-state index contributed by atoms with van der Waals surface area (Å²) >= 11 is 0. The fourth-order valence-electron chi connectivity index (χ4n) is 1.65. The van der Waals surface area contributed by atoms with Gasteiger partial charge < -0.3 is 15.3 Å². The minimum absolute atomic E-state index is 0.0510. The molecule has 0 heterocycles. The molecule has 0 spiro atoms. The predicted molar refractivity (Wildman–Crippen MR) is 74.3 cm³/mol. The summed E-state index contributed by atoms with van der Waals surface area (Å²) in [5.74, 6) is -1.12. The van der Waals surface area contributed by atoms with Gasteiger partial charge in [0, 0.05) is 12.2 Å². The third-order valence-electron chi connectivity index (χ3n) is 2.63. The second-order valence-electron chi connectivity index (χ2n) is 4.44. The second kappa shape index (κ2) is 7.41. The van der Waals surface area contributed by atoms with Gasteiger partial charge in [-0.3, -0.25) is 9.59 Å². The molecule has 104 valence electrons. The van der Waals surface area contributed by atoms with Crippen LogP contribution in [0.25, 0.3) is 0 Å². The molecule has 0 saturated carbocycles. The minimum atomic E-state index is -0.955. The molecule has 1 aromatic rings. The summed E-state index contributed by atoms with van der Waals surface area (Å²) in [4.78, 5) is 24.1. The summed E-state index contributed by atoms with van der Waals surface area (Å²) in [6.07, 6.45) is 0.856. The van der Waals surface area contributed by atoms with Crippen molar-refractivity contribution in [2.75, 3.05) is 24.5 Å². The molecule has 5 heteroatoms. The van der Waals surface area contributed by atoms with Crippen LogP contribution in [0.5, 0.6) is 0 Å². The molecular weight excluding hydrogens is 244 g/mol. The van der Waals surface area contributed by atoms with Crippen LogP contribution in [-0.4, -0.2) is 36.6 Å². The Balaban J connectivity index is 2.74. The van der Waals surface area contributed by atoms with Crippen LogP contribution < -0.4 is 10.2 Å². The SMILES string of the molecule is CCCNC(=O)CN(CC(=O)O)c1ccc(C)cc1. The number of carboxylic acids is 1. The van der Waals surface area contributed by atoms with Gasteiger partial charge in [-0.15, -0.1) is 0 Å². The van der Waals surface area contributed by atoms with Crippen LogP contribution in [0.2, 0.25) is 0 Å². The van der Waals surface area contributed by atoms with Crippen LogP contribution in [0.1, 0.15) is 18.9 Å². The van der Waals surface area contributed by atoms with E-state index < -0.39 is 5.97 Å². The van der Waals surface area contributed by atoms with Crippen molar-refractivity contribution in [3.63, 3.8) is 0 Å². The summed E-state index contributed by atoms with van der Waals surface area (Å²) in [5, 5.41) is 11.7. The molecule has 0 saturated heterocycles. The van der Waals surface area contributed by atoms with E-state index in [1.54, 1.807) is 4.90 Å². The van der Waals surface area contributed by atoms with Gasteiger partial charge in [-0.2, -0.15) is 0 Å². The average Bonchev–Trinajstić information content (AvgIpc) is 2.36. The topological polar surface area (TPSA) is 69.6 Å². The number of benzene rings is 1. The normalized spacial score (nSPS) is 10.0. The van der Waals surface area contributed by atoms with Crippen molar-refractivity contribution in [2.24, 2.45) is 0 Å². The van der Waals surface area contributed by atoms with Crippen molar-refractivity contribution in [1.29, 1.82) is 0 Å². The maximum absolute atomic E-state index is 11.7. The molecule has 0 aliphatic rings. The predicted octanol–water partition coefficient (Wildman–Crippen LogP) is 1.41. The van der Waals surface area contributed by atoms with Gasteiger partial charge in [0.15, 0.2) is 0 Å². The Kier molecular flexibility index (Phi) is 5.85. The zero-order valence-electron chi connectivity index (χ0n) is 11.3. The molecule has 19 heavy (non-hydrogen) atoms. The molecule has 0 bridgehead atoms. The Labute approximate surface area is 113 Å². The maximum atomic E-state index is 11.7. The molecule has 0 unspecified atom stereocenters. The van der Waals surface area contributed by atoms with Crippen LogP contribution in [0.4, 0.5) is 5.69 Å². The molecule has 1 rings (SSSR count). The molecule has 0 aromatic heterocycles. The standard InChI is InChI=1S/C14H20N2O3/c1-3-8-15-13(17)9-16(10-14(18)19)12-6-4-11(2)5-7-12/h4-7H,3,8-10H2,1-2H3,(H,15,17)(H,18,19). The lowest BCUT2D eigenvalue weighted by Gasteiger charge is -2.22. The first-order chi connectivity index (χ1) is 9.02. The molecule has 0 fully saturated rings. The van der Waals surface area contributed by atoms with E-state index in [0.717, 1.165) is 17.7 Å². The zero-order chi connectivity index (χ0) is 14.3. The molecule has 0 aliphatic heterocycles. The van der Waals surface area contributed by atoms with E-state index in [9.17, 15) is 9.59 Å². The van der Waals surface area contributed by atoms with Crippen molar-refractivity contribution in [1.82, 2.24) is 5.32 Å². The Bertz CT molecular complexity index is 429. The smallest absolute Gasteiger partial charge is 0.323 e. The number of hydrogen-bond acceptors (Lipinski definition) is 3. The number of amides is 1. The summed E-state index contributed by atoms with van der Waals surface area (Å²) in [7, 11) is 0. The highest BCUT2D eigenvalue weighted by Gasteiger charge is 2.14. The van der Waals surface area contributed by atoms with Crippen LogP contribution in [0.15, 0.2) is 24.3 Å². The molecule has 0 aliphatic carbocycles. The number of aliphatic carboxylic acids is 1. The molecule has 1 aromatic carbocycles. The first-order valence-electron chi connectivity index (χ1n) is 6.33. The van der Waals surface area contributed by atoms with Crippen LogP contribution >= 0.6 is 0 Å². The second-order valence-corrected chi connectivity index (χ2v) is 4.44. The zero-order valence-corrected chi connectivity index (χ0v) is 11.3. The van der Waals surface area contributed by atoms with Gasteiger partial charge in [0.2, 0.25) is 5.91 Å². The Morgan fingerprint density at radius 1 is 1.21 bits per heavy atom. The van der Waals surface area contributed by atoms with Gasteiger partial charge in [0.05, 0.1) is 6.54 Å². The molecular formula is C14H20N2O3. The summed E-state index contributed by atoms with van der Waals surface area (Å²) < 4.78 is 0. The number of rotatable bonds is 7. The number of anilines is 1. The molecule has 5 nitrogen and oxygen atoms in total. The van der Waals surface area contributed by atoms with Crippen molar-refractivity contribution >= 4 is 17.6 Å². The quantitative estimate of drug-likeness (QED) is 0.781. The van der Waals surface area contributed by atoms with E-state index >= 15 is 0 Å². The van der Waals surface area contributed by atoms with E-state index in [2.05, 4.69) is 5.32 Å². The van der Waals surface area contributed by atoms with E-state index in [-0.39, 0.29) is 19.0 Å².